The SMILES string of the molecule is Cl.O=C(Cc1ccc2c3c(cccc13)NC=N2)Cc1ccc2c3c(cccc13)NC=N2. The lowest BCUT2D eigenvalue weighted by Gasteiger charge is -2.17. The van der Waals surface area contributed by atoms with Crippen LogP contribution in [0.2, 0.25) is 0 Å². The zero-order valence-electron chi connectivity index (χ0n) is 16.6. The lowest BCUT2D eigenvalue weighted by molar-refractivity contribution is -0.117. The van der Waals surface area contributed by atoms with Gasteiger partial charge in [0.2, 0.25) is 0 Å². The topological polar surface area (TPSA) is 65.8 Å². The minimum absolute atomic E-state index is 0. The van der Waals surface area contributed by atoms with Crippen molar-refractivity contribution in [2.45, 2.75) is 12.8 Å². The first kappa shape index (κ1) is 19.3. The molecule has 0 atom stereocenters. The van der Waals surface area contributed by atoms with Gasteiger partial charge in [0.15, 0.2) is 0 Å². The second kappa shape index (κ2) is 7.52. The van der Waals surface area contributed by atoms with E-state index in [1.807, 2.05) is 48.5 Å². The van der Waals surface area contributed by atoms with Crippen molar-refractivity contribution in [1.29, 1.82) is 0 Å². The third-order valence-electron chi connectivity index (χ3n) is 5.84. The number of nitrogens with one attached hydrogen (secondary N) is 2. The fourth-order valence-corrected chi connectivity index (χ4v) is 4.49. The smallest absolute Gasteiger partial charge is 0.141 e. The number of rotatable bonds is 4. The molecule has 0 aromatic heterocycles. The summed E-state index contributed by atoms with van der Waals surface area (Å²) in [6.07, 6.45) is 4.20. The molecule has 2 heterocycles. The third-order valence-corrected chi connectivity index (χ3v) is 5.84. The fourth-order valence-electron chi connectivity index (χ4n) is 4.49. The van der Waals surface area contributed by atoms with Crippen molar-refractivity contribution in [2.24, 2.45) is 9.98 Å². The lowest BCUT2D eigenvalue weighted by atomic mass is 9.93. The molecule has 2 aliphatic heterocycles. The molecule has 0 saturated heterocycles. The standard InChI is InChI=1S/C25H18N4O.ClH/c30-17(11-15-7-9-22-24-18(15)3-1-5-20(24)26-13-28-22)12-16-8-10-23-25-19(16)4-2-6-21(25)27-14-29-23;/h1-10,13-14H,11-12H2,(H,26,28)(H,27,29);1H. The van der Waals surface area contributed by atoms with Gasteiger partial charge in [-0.3, -0.25) is 4.79 Å². The summed E-state index contributed by atoms with van der Waals surface area (Å²) in [4.78, 5) is 21.9. The van der Waals surface area contributed by atoms with Crippen LogP contribution >= 0.6 is 12.4 Å². The Kier molecular flexibility index (Phi) is 4.68. The van der Waals surface area contributed by atoms with E-state index in [2.05, 4.69) is 32.8 Å². The average molecular weight is 427 g/mol. The minimum atomic E-state index is 0. The normalized spacial score (nSPS) is 12.9. The van der Waals surface area contributed by atoms with Gasteiger partial charge in [0.1, 0.15) is 5.78 Å². The Bertz CT molecular complexity index is 1320. The number of carbonyl (C=O) groups excluding carboxylic acids is 1. The lowest BCUT2D eigenvalue weighted by Crippen LogP contribution is -2.09. The summed E-state index contributed by atoms with van der Waals surface area (Å²) in [5.74, 6) is 0.191. The van der Waals surface area contributed by atoms with Gasteiger partial charge in [0.25, 0.3) is 0 Å². The summed E-state index contributed by atoms with van der Waals surface area (Å²) in [6.45, 7) is 0. The van der Waals surface area contributed by atoms with Crippen LogP contribution in [0.25, 0.3) is 21.5 Å². The number of carbonyl (C=O) groups is 1. The molecule has 2 aliphatic rings. The molecule has 2 N–H and O–H groups in total. The molecule has 0 aliphatic carbocycles. The molecule has 6 heteroatoms. The van der Waals surface area contributed by atoms with Gasteiger partial charge < -0.3 is 10.6 Å². The maximum absolute atomic E-state index is 13.1. The summed E-state index contributed by atoms with van der Waals surface area (Å²) in [6, 6.07) is 20.3. The first-order valence-corrected chi connectivity index (χ1v) is 9.97. The number of aliphatic imine (C=N–C) groups is 2. The highest BCUT2D eigenvalue weighted by Gasteiger charge is 2.17. The highest BCUT2D eigenvalue weighted by atomic mass is 35.5. The summed E-state index contributed by atoms with van der Waals surface area (Å²) in [7, 11) is 0. The fraction of sp³-hybridized carbons (Fsp3) is 0.0800. The molecule has 0 saturated carbocycles. The van der Waals surface area contributed by atoms with Crippen molar-refractivity contribution in [3.8, 4) is 0 Å². The van der Waals surface area contributed by atoms with Gasteiger partial charge in [-0.1, -0.05) is 36.4 Å². The number of ketones is 1. The molecule has 0 bridgehead atoms. The molecule has 0 radical (unpaired) electrons. The van der Waals surface area contributed by atoms with Gasteiger partial charge in [-0.25, -0.2) is 9.98 Å². The molecule has 0 unspecified atom stereocenters. The number of anilines is 2. The van der Waals surface area contributed by atoms with E-state index in [1.165, 1.54) is 0 Å². The number of halogens is 1. The zero-order valence-corrected chi connectivity index (χ0v) is 17.4. The van der Waals surface area contributed by atoms with Gasteiger partial charge in [-0.15, -0.1) is 12.4 Å². The van der Waals surface area contributed by atoms with Crippen molar-refractivity contribution in [3.05, 3.63) is 71.8 Å². The number of hydrogen-bond donors (Lipinski definition) is 2. The van der Waals surface area contributed by atoms with Crippen LogP contribution in [0.5, 0.6) is 0 Å². The van der Waals surface area contributed by atoms with Crippen molar-refractivity contribution >= 4 is 75.2 Å². The maximum Gasteiger partial charge on any atom is 0.141 e. The predicted octanol–water partition coefficient (Wildman–Crippen LogP) is 5.94. The first-order valence-electron chi connectivity index (χ1n) is 9.97. The summed E-state index contributed by atoms with van der Waals surface area (Å²) in [5.41, 5.74) is 6.01. The Morgan fingerprint density at radius 1 is 0.677 bits per heavy atom. The van der Waals surface area contributed by atoms with Crippen LogP contribution in [-0.4, -0.2) is 18.5 Å². The van der Waals surface area contributed by atoms with Gasteiger partial charge in [0, 0.05) is 35.0 Å². The van der Waals surface area contributed by atoms with Crippen molar-refractivity contribution in [2.75, 3.05) is 10.6 Å². The summed E-state index contributed by atoms with van der Waals surface area (Å²) >= 11 is 0. The van der Waals surface area contributed by atoms with E-state index >= 15 is 0 Å². The Labute approximate surface area is 185 Å². The van der Waals surface area contributed by atoms with E-state index < -0.39 is 0 Å². The van der Waals surface area contributed by atoms with E-state index in [-0.39, 0.29) is 18.2 Å². The number of nitrogens with zero attached hydrogens (tertiary/aromatic N) is 2. The summed E-state index contributed by atoms with van der Waals surface area (Å²) in [5, 5.41) is 10.7. The molecule has 0 fully saturated rings. The Morgan fingerprint density at radius 3 is 1.65 bits per heavy atom. The van der Waals surface area contributed by atoms with Crippen LogP contribution in [0.3, 0.4) is 0 Å². The van der Waals surface area contributed by atoms with Gasteiger partial charge in [0.05, 0.1) is 24.1 Å². The third kappa shape index (κ3) is 3.14. The second-order valence-corrected chi connectivity index (χ2v) is 7.64. The molecule has 4 aromatic rings. The number of hydrogen-bond acceptors (Lipinski definition) is 5. The van der Waals surface area contributed by atoms with E-state index in [0.29, 0.717) is 12.8 Å². The van der Waals surface area contributed by atoms with Gasteiger partial charge in [-0.05, 0) is 46.2 Å². The molecule has 31 heavy (non-hydrogen) atoms. The van der Waals surface area contributed by atoms with E-state index in [0.717, 1.165) is 55.4 Å². The molecular weight excluding hydrogens is 408 g/mol. The van der Waals surface area contributed by atoms with Crippen LogP contribution in [-0.2, 0) is 17.6 Å². The van der Waals surface area contributed by atoms with E-state index in [1.54, 1.807) is 12.7 Å². The van der Waals surface area contributed by atoms with Gasteiger partial charge >= 0.3 is 0 Å². The Hall–Kier alpha value is -3.70. The molecule has 5 nitrogen and oxygen atoms in total. The van der Waals surface area contributed by atoms with Crippen LogP contribution < -0.4 is 10.6 Å². The molecule has 152 valence electrons. The Balaban J connectivity index is 0.00000204. The monoisotopic (exact) mass is 426 g/mol. The van der Waals surface area contributed by atoms with Crippen molar-refractivity contribution in [1.82, 2.24) is 0 Å². The van der Waals surface area contributed by atoms with Gasteiger partial charge in [-0.2, -0.15) is 0 Å². The quantitative estimate of drug-likeness (QED) is 0.424. The molecule has 6 rings (SSSR count). The number of benzene rings is 4. The average Bonchev–Trinajstić information content (AvgIpc) is 2.78. The summed E-state index contributed by atoms with van der Waals surface area (Å²) < 4.78 is 0. The number of Topliss-reactive ketones (excluding diaryl/α,β-unsaturated/α-hetero) is 1. The van der Waals surface area contributed by atoms with Crippen LogP contribution in [0.15, 0.2) is 70.6 Å². The molecular formula is C25H19ClN4O. The van der Waals surface area contributed by atoms with E-state index in [4.69, 9.17) is 0 Å². The highest BCUT2D eigenvalue weighted by molar-refractivity contribution is 6.11. The molecule has 4 aromatic carbocycles. The largest absolute Gasteiger partial charge is 0.346 e. The molecule has 0 amide bonds. The second-order valence-electron chi connectivity index (χ2n) is 7.64. The highest BCUT2D eigenvalue weighted by Crippen LogP contribution is 2.38. The predicted molar refractivity (Wildman–Crippen MR) is 131 cm³/mol. The van der Waals surface area contributed by atoms with Crippen molar-refractivity contribution < 1.29 is 4.79 Å². The zero-order chi connectivity index (χ0) is 20.1. The van der Waals surface area contributed by atoms with E-state index in [9.17, 15) is 4.79 Å². The van der Waals surface area contributed by atoms with Crippen molar-refractivity contribution in [3.63, 3.8) is 0 Å². The molecule has 0 spiro atoms. The van der Waals surface area contributed by atoms with Crippen LogP contribution in [0.4, 0.5) is 22.7 Å². The Morgan fingerprint density at radius 2 is 1.16 bits per heavy atom. The maximum atomic E-state index is 13.1. The van der Waals surface area contributed by atoms with Crippen LogP contribution in [0, 0.1) is 0 Å². The van der Waals surface area contributed by atoms with Crippen LogP contribution in [0.1, 0.15) is 11.1 Å². The first-order chi connectivity index (χ1) is 14.8. The minimum Gasteiger partial charge on any atom is -0.346 e.